The van der Waals surface area contributed by atoms with Crippen molar-refractivity contribution in [3.8, 4) is 5.75 Å². The lowest BCUT2D eigenvalue weighted by molar-refractivity contribution is -0.132. The van der Waals surface area contributed by atoms with Crippen molar-refractivity contribution in [2.75, 3.05) is 6.61 Å². The van der Waals surface area contributed by atoms with E-state index in [1.54, 1.807) is 6.08 Å². The summed E-state index contributed by atoms with van der Waals surface area (Å²) >= 11 is 0. The number of carbonyl (C=O) groups is 1. The van der Waals surface area contributed by atoms with Crippen LogP contribution in [0.3, 0.4) is 0 Å². The second-order valence-corrected chi connectivity index (χ2v) is 3.49. The fourth-order valence-electron chi connectivity index (χ4n) is 1.57. The van der Waals surface area contributed by atoms with Gasteiger partial charge >= 0.3 is 5.97 Å². The van der Waals surface area contributed by atoms with Crippen molar-refractivity contribution in [2.45, 2.75) is 13.3 Å². The van der Waals surface area contributed by atoms with E-state index in [4.69, 9.17) is 9.84 Å². The highest BCUT2D eigenvalue weighted by atomic mass is 16.5. The van der Waals surface area contributed by atoms with E-state index in [2.05, 4.69) is 6.92 Å². The zero-order chi connectivity index (χ0) is 10.8. The van der Waals surface area contributed by atoms with Gasteiger partial charge in [-0.3, -0.25) is 0 Å². The molecule has 0 unspecified atom stereocenters. The number of rotatable bonds is 2. The average molecular weight is 204 g/mol. The minimum atomic E-state index is -0.914. The predicted octanol–water partition coefficient (Wildman–Crippen LogP) is 2.11. The maximum atomic E-state index is 10.8. The Kier molecular flexibility index (Phi) is 2.46. The third-order valence-electron chi connectivity index (χ3n) is 2.47. The van der Waals surface area contributed by atoms with Gasteiger partial charge in [-0.25, -0.2) is 4.79 Å². The summed E-state index contributed by atoms with van der Waals surface area (Å²) in [5, 5.41) is 8.84. The van der Waals surface area contributed by atoms with Crippen LogP contribution in [0.2, 0.25) is 0 Å². The van der Waals surface area contributed by atoms with Crippen molar-refractivity contribution in [1.29, 1.82) is 0 Å². The number of benzene rings is 1. The molecule has 0 fully saturated rings. The molecule has 0 saturated carbocycles. The van der Waals surface area contributed by atoms with Crippen LogP contribution in [0.25, 0.3) is 6.08 Å². The Labute approximate surface area is 88.0 Å². The molecule has 78 valence electrons. The van der Waals surface area contributed by atoms with Gasteiger partial charge in [-0.2, -0.15) is 0 Å². The summed E-state index contributed by atoms with van der Waals surface area (Å²) in [6.07, 6.45) is 2.61. The fraction of sp³-hybridized carbons (Fsp3) is 0.250. The highest BCUT2D eigenvalue weighted by Gasteiger charge is 2.16. The van der Waals surface area contributed by atoms with Gasteiger partial charge in [-0.15, -0.1) is 0 Å². The molecule has 15 heavy (non-hydrogen) atoms. The number of hydrogen-bond donors (Lipinski definition) is 1. The van der Waals surface area contributed by atoms with Crippen LogP contribution in [0.1, 0.15) is 18.1 Å². The molecule has 3 heteroatoms. The SMILES string of the molecule is CCc1ccc2c(c1)C=C(C(=O)O)CO2. The van der Waals surface area contributed by atoms with E-state index in [0.29, 0.717) is 5.57 Å². The lowest BCUT2D eigenvalue weighted by Crippen LogP contribution is -2.14. The molecule has 0 aliphatic carbocycles. The molecule has 0 saturated heterocycles. The molecule has 1 aliphatic rings. The topological polar surface area (TPSA) is 46.5 Å². The van der Waals surface area contributed by atoms with E-state index in [1.807, 2.05) is 18.2 Å². The van der Waals surface area contributed by atoms with Gasteiger partial charge in [-0.05, 0) is 30.2 Å². The molecule has 1 aromatic rings. The maximum absolute atomic E-state index is 10.8. The Balaban J connectivity index is 2.43. The summed E-state index contributed by atoms with van der Waals surface area (Å²) < 4.78 is 5.35. The van der Waals surface area contributed by atoms with Crippen molar-refractivity contribution in [1.82, 2.24) is 0 Å². The number of ether oxygens (including phenoxy) is 1. The molecule has 1 N–H and O–H groups in total. The predicted molar refractivity (Wildman–Crippen MR) is 56.9 cm³/mol. The number of aliphatic carboxylic acids is 1. The highest BCUT2D eigenvalue weighted by molar-refractivity contribution is 5.93. The van der Waals surface area contributed by atoms with Crippen molar-refractivity contribution < 1.29 is 14.6 Å². The Bertz CT molecular complexity index is 432. The normalized spacial score (nSPS) is 13.8. The number of aryl methyl sites for hydroxylation is 1. The largest absolute Gasteiger partial charge is 0.488 e. The molecular formula is C12H12O3. The molecule has 2 rings (SSSR count). The van der Waals surface area contributed by atoms with Crippen LogP contribution < -0.4 is 4.74 Å². The van der Waals surface area contributed by atoms with Crippen LogP contribution in [-0.4, -0.2) is 17.7 Å². The summed E-state index contributed by atoms with van der Waals surface area (Å²) in [5.74, 6) is -0.153. The minimum absolute atomic E-state index is 0.147. The zero-order valence-corrected chi connectivity index (χ0v) is 8.49. The standard InChI is InChI=1S/C12H12O3/c1-2-8-3-4-11-9(5-8)6-10(7-15-11)12(13)14/h3-6H,2,7H2,1H3,(H,13,14). The fourth-order valence-corrected chi connectivity index (χ4v) is 1.57. The van der Waals surface area contributed by atoms with Gasteiger partial charge in [0, 0.05) is 5.56 Å². The maximum Gasteiger partial charge on any atom is 0.335 e. The van der Waals surface area contributed by atoms with Gasteiger partial charge in [0.25, 0.3) is 0 Å². The summed E-state index contributed by atoms with van der Waals surface area (Å²) in [6, 6.07) is 5.86. The molecule has 3 nitrogen and oxygen atoms in total. The molecule has 1 heterocycles. The number of carboxylic acids is 1. The lowest BCUT2D eigenvalue weighted by atomic mass is 10.0. The first-order valence-electron chi connectivity index (χ1n) is 4.90. The van der Waals surface area contributed by atoms with Crippen LogP contribution in [-0.2, 0) is 11.2 Å². The van der Waals surface area contributed by atoms with E-state index in [9.17, 15) is 4.79 Å². The molecule has 0 amide bonds. The van der Waals surface area contributed by atoms with Crippen molar-refractivity contribution in [3.05, 3.63) is 34.9 Å². The summed E-state index contributed by atoms with van der Waals surface area (Å²) in [5.41, 5.74) is 2.34. The Morgan fingerprint density at radius 3 is 3.00 bits per heavy atom. The van der Waals surface area contributed by atoms with E-state index >= 15 is 0 Å². The van der Waals surface area contributed by atoms with Crippen LogP contribution in [0.15, 0.2) is 23.8 Å². The third kappa shape index (κ3) is 1.86. The van der Waals surface area contributed by atoms with Crippen LogP contribution >= 0.6 is 0 Å². The molecule has 1 aliphatic heterocycles. The molecule has 0 radical (unpaired) electrons. The third-order valence-corrected chi connectivity index (χ3v) is 2.47. The van der Waals surface area contributed by atoms with Gasteiger partial charge in [0.2, 0.25) is 0 Å². The second kappa shape index (κ2) is 3.77. The van der Waals surface area contributed by atoms with Crippen LogP contribution in [0.4, 0.5) is 0 Å². The Hall–Kier alpha value is -1.77. The first-order valence-corrected chi connectivity index (χ1v) is 4.90. The van der Waals surface area contributed by atoms with Gasteiger partial charge < -0.3 is 9.84 Å². The number of fused-ring (bicyclic) bond motifs is 1. The van der Waals surface area contributed by atoms with Crippen molar-refractivity contribution >= 4 is 12.0 Å². The quantitative estimate of drug-likeness (QED) is 0.802. The summed E-state index contributed by atoms with van der Waals surface area (Å²) in [7, 11) is 0. The Morgan fingerprint density at radius 2 is 2.33 bits per heavy atom. The highest BCUT2D eigenvalue weighted by Crippen LogP contribution is 2.27. The first-order chi connectivity index (χ1) is 7.20. The average Bonchev–Trinajstić information content (AvgIpc) is 2.27. The van der Waals surface area contributed by atoms with Crippen molar-refractivity contribution in [3.63, 3.8) is 0 Å². The monoisotopic (exact) mass is 204 g/mol. The molecule has 1 aromatic carbocycles. The smallest absolute Gasteiger partial charge is 0.335 e. The van der Waals surface area contributed by atoms with Crippen LogP contribution in [0.5, 0.6) is 5.75 Å². The Morgan fingerprint density at radius 1 is 1.53 bits per heavy atom. The second-order valence-electron chi connectivity index (χ2n) is 3.49. The lowest BCUT2D eigenvalue weighted by Gasteiger charge is -2.16. The van der Waals surface area contributed by atoms with Gasteiger partial charge in [0.05, 0.1) is 5.57 Å². The van der Waals surface area contributed by atoms with Crippen molar-refractivity contribution in [2.24, 2.45) is 0 Å². The minimum Gasteiger partial charge on any atom is -0.488 e. The molecule has 0 bridgehead atoms. The van der Waals surface area contributed by atoms with Gasteiger partial charge in [0.1, 0.15) is 12.4 Å². The zero-order valence-electron chi connectivity index (χ0n) is 8.49. The summed E-state index contributed by atoms with van der Waals surface area (Å²) in [4.78, 5) is 10.8. The molecule has 0 spiro atoms. The molecular weight excluding hydrogens is 192 g/mol. The van der Waals surface area contributed by atoms with E-state index < -0.39 is 5.97 Å². The van der Waals surface area contributed by atoms with E-state index in [-0.39, 0.29) is 6.61 Å². The first kappa shape index (κ1) is 9.77. The van der Waals surface area contributed by atoms with Gasteiger partial charge in [-0.1, -0.05) is 13.0 Å². The number of carboxylic acid groups (broad SMARTS) is 1. The summed E-state index contributed by atoms with van der Waals surface area (Å²) in [6.45, 7) is 2.21. The molecule has 0 aromatic heterocycles. The van der Waals surface area contributed by atoms with Crippen LogP contribution in [0, 0.1) is 0 Å². The van der Waals surface area contributed by atoms with Gasteiger partial charge in [0.15, 0.2) is 0 Å². The molecule has 0 atom stereocenters. The van der Waals surface area contributed by atoms with E-state index in [0.717, 1.165) is 17.7 Å². The number of hydrogen-bond acceptors (Lipinski definition) is 2. The van der Waals surface area contributed by atoms with E-state index in [1.165, 1.54) is 5.56 Å².